The number of aliphatic hydroxyl groups excluding tert-OH is 1. The van der Waals surface area contributed by atoms with Gasteiger partial charge in [-0.25, -0.2) is 0 Å². The zero-order valence-corrected chi connectivity index (χ0v) is 12.6. The van der Waals surface area contributed by atoms with E-state index in [-0.39, 0.29) is 25.1 Å². The van der Waals surface area contributed by atoms with E-state index in [4.69, 9.17) is 5.11 Å². The highest BCUT2D eigenvalue weighted by atomic mass is 19.4. The molecule has 1 aliphatic rings. The summed E-state index contributed by atoms with van der Waals surface area (Å²) in [5.74, 6) is -0.256. The van der Waals surface area contributed by atoms with Crippen molar-refractivity contribution in [2.75, 3.05) is 13.2 Å². The maximum atomic E-state index is 12.8. The summed E-state index contributed by atoms with van der Waals surface area (Å²) >= 11 is 0. The molecule has 124 valence electrons. The Balaban J connectivity index is 2.00. The van der Waals surface area contributed by atoms with Crippen LogP contribution in [0.4, 0.5) is 13.2 Å². The van der Waals surface area contributed by atoms with Gasteiger partial charge in [0.05, 0.1) is 12.2 Å². The van der Waals surface area contributed by atoms with Crippen molar-refractivity contribution >= 4 is 16.8 Å². The lowest BCUT2D eigenvalue weighted by atomic mass is 10.1. The summed E-state index contributed by atoms with van der Waals surface area (Å²) in [5.41, 5.74) is 0.171. The van der Waals surface area contributed by atoms with Crippen molar-refractivity contribution in [3.8, 4) is 0 Å². The summed E-state index contributed by atoms with van der Waals surface area (Å²) in [4.78, 5) is 14.3. The smallest absolute Gasteiger partial charge is 0.395 e. The molecule has 0 spiro atoms. The number of rotatable bonds is 4. The number of aryl methyl sites for hydroxylation is 1. The van der Waals surface area contributed by atoms with Crippen molar-refractivity contribution < 1.29 is 23.1 Å². The van der Waals surface area contributed by atoms with Crippen molar-refractivity contribution in [2.45, 2.75) is 25.1 Å². The monoisotopic (exact) mass is 326 g/mol. The van der Waals surface area contributed by atoms with Crippen LogP contribution in [-0.4, -0.2) is 39.7 Å². The highest BCUT2D eigenvalue weighted by molar-refractivity contribution is 5.99. The van der Waals surface area contributed by atoms with Gasteiger partial charge in [-0.1, -0.05) is 0 Å². The Kier molecular flexibility index (Phi) is 3.83. The number of carbonyl (C=O) groups excluding carboxylic acids is 1. The van der Waals surface area contributed by atoms with Gasteiger partial charge in [-0.3, -0.25) is 4.79 Å². The minimum Gasteiger partial charge on any atom is -0.395 e. The van der Waals surface area contributed by atoms with Crippen LogP contribution in [0.15, 0.2) is 24.3 Å². The number of amides is 1. The fourth-order valence-corrected chi connectivity index (χ4v) is 2.82. The number of benzene rings is 1. The first kappa shape index (κ1) is 15.9. The van der Waals surface area contributed by atoms with E-state index >= 15 is 0 Å². The van der Waals surface area contributed by atoms with E-state index in [1.165, 1.54) is 12.1 Å². The van der Waals surface area contributed by atoms with E-state index in [9.17, 15) is 18.0 Å². The number of halogens is 3. The molecule has 1 fully saturated rings. The van der Waals surface area contributed by atoms with E-state index in [2.05, 4.69) is 0 Å². The van der Waals surface area contributed by atoms with Crippen molar-refractivity contribution in [1.82, 2.24) is 9.47 Å². The molecule has 1 aromatic heterocycles. The molecule has 1 N–H and O–H groups in total. The Morgan fingerprint density at radius 3 is 2.61 bits per heavy atom. The van der Waals surface area contributed by atoms with Gasteiger partial charge in [-0.05, 0) is 37.1 Å². The van der Waals surface area contributed by atoms with Crippen LogP contribution in [0.5, 0.6) is 0 Å². The number of alkyl halides is 3. The van der Waals surface area contributed by atoms with E-state index in [0.29, 0.717) is 16.6 Å². The van der Waals surface area contributed by atoms with Crippen LogP contribution in [0.1, 0.15) is 28.9 Å². The van der Waals surface area contributed by atoms with Gasteiger partial charge in [0.15, 0.2) is 0 Å². The molecule has 0 atom stereocenters. The molecule has 1 heterocycles. The highest BCUT2D eigenvalue weighted by Gasteiger charge is 2.34. The highest BCUT2D eigenvalue weighted by Crippen LogP contribution is 2.33. The van der Waals surface area contributed by atoms with E-state index < -0.39 is 11.7 Å². The normalized spacial score (nSPS) is 15.2. The van der Waals surface area contributed by atoms with Crippen molar-refractivity contribution in [3.05, 3.63) is 35.5 Å². The van der Waals surface area contributed by atoms with E-state index in [0.717, 1.165) is 25.0 Å². The van der Waals surface area contributed by atoms with Gasteiger partial charge in [-0.15, -0.1) is 0 Å². The molecular formula is C16H17F3N2O2. The minimum atomic E-state index is -4.41. The lowest BCUT2D eigenvalue weighted by Crippen LogP contribution is -2.36. The van der Waals surface area contributed by atoms with Crippen molar-refractivity contribution in [2.24, 2.45) is 7.05 Å². The van der Waals surface area contributed by atoms with Crippen molar-refractivity contribution in [3.63, 3.8) is 0 Å². The molecule has 3 rings (SSSR count). The molecule has 0 unspecified atom stereocenters. The topological polar surface area (TPSA) is 45.5 Å². The molecule has 1 saturated carbocycles. The molecule has 2 aromatic rings. The third kappa shape index (κ3) is 2.93. The molecule has 1 aromatic carbocycles. The molecule has 0 bridgehead atoms. The first-order valence-corrected chi connectivity index (χ1v) is 7.41. The van der Waals surface area contributed by atoms with Crippen LogP contribution >= 0.6 is 0 Å². The van der Waals surface area contributed by atoms with Crippen molar-refractivity contribution in [1.29, 1.82) is 0 Å². The maximum absolute atomic E-state index is 12.8. The maximum Gasteiger partial charge on any atom is 0.416 e. The SMILES string of the molecule is Cn1c(C(=O)N(CCO)C2CC2)cc2cc(C(F)(F)F)ccc21. The number of nitrogens with zero attached hydrogens (tertiary/aromatic N) is 2. The summed E-state index contributed by atoms with van der Waals surface area (Å²) in [6.07, 6.45) is -2.62. The fourth-order valence-electron chi connectivity index (χ4n) is 2.82. The van der Waals surface area contributed by atoms with Gasteiger partial charge >= 0.3 is 6.18 Å². The van der Waals surface area contributed by atoms with E-state index in [1.54, 1.807) is 16.5 Å². The number of carbonyl (C=O) groups is 1. The van der Waals surface area contributed by atoms with Crippen LogP contribution in [-0.2, 0) is 13.2 Å². The lowest BCUT2D eigenvalue weighted by Gasteiger charge is -2.21. The summed E-state index contributed by atoms with van der Waals surface area (Å²) in [6.45, 7) is 0.100. The summed E-state index contributed by atoms with van der Waals surface area (Å²) < 4.78 is 40.0. The molecule has 0 saturated heterocycles. The molecule has 4 nitrogen and oxygen atoms in total. The Morgan fingerprint density at radius 1 is 1.35 bits per heavy atom. The molecular weight excluding hydrogens is 309 g/mol. The van der Waals surface area contributed by atoms with Gasteiger partial charge < -0.3 is 14.6 Å². The van der Waals surface area contributed by atoms with Crippen LogP contribution < -0.4 is 0 Å². The Bertz CT molecular complexity index is 748. The quantitative estimate of drug-likeness (QED) is 0.939. The number of hydrogen-bond donors (Lipinski definition) is 1. The molecule has 1 aliphatic carbocycles. The Labute approximate surface area is 131 Å². The summed E-state index contributed by atoms with van der Waals surface area (Å²) in [7, 11) is 1.66. The number of hydrogen-bond acceptors (Lipinski definition) is 2. The second-order valence-corrected chi connectivity index (χ2v) is 5.81. The third-order valence-electron chi connectivity index (χ3n) is 4.18. The number of aromatic nitrogens is 1. The summed E-state index contributed by atoms with van der Waals surface area (Å²) in [5, 5.41) is 9.50. The first-order valence-electron chi connectivity index (χ1n) is 7.41. The standard InChI is InChI=1S/C16H17F3N2O2/c1-20-13-5-2-11(16(17,18)19)8-10(13)9-14(20)15(23)21(6-7-22)12-3-4-12/h2,5,8-9,12,22H,3-4,6-7H2,1H3. The lowest BCUT2D eigenvalue weighted by molar-refractivity contribution is -0.137. The van der Waals surface area contributed by atoms with Crippen LogP contribution in [0, 0.1) is 0 Å². The van der Waals surface area contributed by atoms with Gasteiger partial charge in [0, 0.05) is 30.5 Å². The van der Waals surface area contributed by atoms with Gasteiger partial charge in [-0.2, -0.15) is 13.2 Å². The van der Waals surface area contributed by atoms with E-state index in [1.807, 2.05) is 0 Å². The fraction of sp³-hybridized carbons (Fsp3) is 0.438. The molecule has 23 heavy (non-hydrogen) atoms. The largest absolute Gasteiger partial charge is 0.416 e. The van der Waals surface area contributed by atoms with Gasteiger partial charge in [0.1, 0.15) is 5.69 Å². The molecule has 0 radical (unpaired) electrons. The third-order valence-corrected chi connectivity index (χ3v) is 4.18. The Morgan fingerprint density at radius 2 is 2.04 bits per heavy atom. The minimum absolute atomic E-state index is 0.124. The van der Waals surface area contributed by atoms with Gasteiger partial charge in [0.2, 0.25) is 0 Å². The number of fused-ring (bicyclic) bond motifs is 1. The number of aliphatic hydroxyl groups is 1. The summed E-state index contributed by atoms with van der Waals surface area (Å²) in [6, 6.07) is 5.06. The molecule has 1 amide bonds. The molecule has 0 aliphatic heterocycles. The first-order chi connectivity index (χ1) is 10.8. The van der Waals surface area contributed by atoms with Gasteiger partial charge in [0.25, 0.3) is 5.91 Å². The molecule has 7 heteroatoms. The zero-order valence-electron chi connectivity index (χ0n) is 12.6. The predicted octanol–water partition coefficient (Wildman–Crippen LogP) is 2.79. The second kappa shape index (κ2) is 5.56. The Hall–Kier alpha value is -2.02. The average molecular weight is 326 g/mol. The van der Waals surface area contributed by atoms with Crippen LogP contribution in [0.3, 0.4) is 0 Å². The average Bonchev–Trinajstić information content (AvgIpc) is 3.27. The predicted molar refractivity (Wildman–Crippen MR) is 79.1 cm³/mol. The zero-order chi connectivity index (χ0) is 16.8. The van der Waals surface area contributed by atoms with Crippen LogP contribution in [0.25, 0.3) is 10.9 Å². The van der Waals surface area contributed by atoms with Crippen LogP contribution in [0.2, 0.25) is 0 Å². The second-order valence-electron chi connectivity index (χ2n) is 5.81.